The first-order valence-corrected chi connectivity index (χ1v) is 15.8. The highest BCUT2D eigenvalue weighted by Crippen LogP contribution is 2.44. The number of carbonyl (C=O) groups excluding carboxylic acids is 1. The number of methoxy groups -OCH3 is 2. The molecule has 0 radical (unpaired) electrons. The van der Waals surface area contributed by atoms with Crippen LogP contribution in [0.3, 0.4) is 0 Å². The average molecular weight is 688 g/mol. The molecule has 0 saturated heterocycles. The molecule has 2 aromatic heterocycles. The molecule has 238 valence electrons. The van der Waals surface area contributed by atoms with Gasteiger partial charge in [-0.1, -0.05) is 36.2 Å². The molecule has 0 saturated carbocycles. The molecular formula is C26H31Cl2F3N4O6S2. The molecule has 0 amide bonds. The van der Waals surface area contributed by atoms with Gasteiger partial charge in [0.2, 0.25) is 15.9 Å². The molecule has 10 nitrogen and oxygen atoms in total. The van der Waals surface area contributed by atoms with Crippen molar-refractivity contribution in [3.8, 4) is 21.3 Å². The number of hydrogen-bond donors (Lipinski definition) is 1. The zero-order valence-corrected chi connectivity index (χ0v) is 27.5. The Labute approximate surface area is 261 Å². The van der Waals surface area contributed by atoms with Crippen LogP contribution in [0.15, 0.2) is 21.4 Å². The van der Waals surface area contributed by atoms with Gasteiger partial charge < -0.3 is 13.9 Å². The van der Waals surface area contributed by atoms with Gasteiger partial charge in [-0.2, -0.15) is 17.9 Å². The van der Waals surface area contributed by atoms with Gasteiger partial charge in [-0.05, 0) is 40.2 Å². The minimum absolute atomic E-state index is 0.0618. The van der Waals surface area contributed by atoms with Crippen molar-refractivity contribution in [1.29, 1.82) is 0 Å². The van der Waals surface area contributed by atoms with Crippen LogP contribution in [0.4, 0.5) is 13.2 Å². The smallest absolute Gasteiger partial charge is 0.404 e. The van der Waals surface area contributed by atoms with E-state index in [-0.39, 0.29) is 35.2 Å². The second kappa shape index (κ2) is 13.0. The molecule has 0 aliphatic rings. The fourth-order valence-electron chi connectivity index (χ4n) is 3.93. The number of carbonyl (C=O) groups is 1. The van der Waals surface area contributed by atoms with E-state index in [0.717, 1.165) is 17.4 Å². The molecule has 0 spiro atoms. The molecule has 43 heavy (non-hydrogen) atoms. The molecular weight excluding hydrogens is 656 g/mol. The number of ether oxygens (including phenoxy) is 2. The summed E-state index contributed by atoms with van der Waals surface area (Å²) in [7, 11) is -1.88. The molecule has 1 unspecified atom stereocenters. The Morgan fingerprint density at radius 1 is 1.09 bits per heavy atom. The number of alkyl halides is 3. The predicted octanol–water partition coefficient (Wildman–Crippen LogP) is 6.50. The minimum Gasteiger partial charge on any atom is -0.469 e. The van der Waals surface area contributed by atoms with Crippen molar-refractivity contribution in [2.75, 3.05) is 14.2 Å². The van der Waals surface area contributed by atoms with E-state index in [1.807, 2.05) is 13.8 Å². The van der Waals surface area contributed by atoms with E-state index in [0.29, 0.717) is 15.6 Å². The lowest BCUT2D eigenvalue weighted by atomic mass is 9.89. The summed E-state index contributed by atoms with van der Waals surface area (Å²) in [6.45, 7) is 8.21. The van der Waals surface area contributed by atoms with E-state index in [2.05, 4.69) is 15.2 Å². The van der Waals surface area contributed by atoms with Gasteiger partial charge in [0.15, 0.2) is 5.01 Å². The third-order valence-corrected chi connectivity index (χ3v) is 10.1. The van der Waals surface area contributed by atoms with Crippen molar-refractivity contribution in [3.63, 3.8) is 0 Å². The number of aromatic nitrogens is 3. The topological polar surface area (TPSA) is 134 Å². The van der Waals surface area contributed by atoms with Gasteiger partial charge in [-0.3, -0.25) is 4.79 Å². The minimum atomic E-state index is -4.80. The van der Waals surface area contributed by atoms with Gasteiger partial charge in [0, 0.05) is 25.5 Å². The van der Waals surface area contributed by atoms with E-state index in [9.17, 15) is 26.4 Å². The van der Waals surface area contributed by atoms with Gasteiger partial charge >= 0.3 is 12.1 Å². The molecule has 3 aromatic rings. The van der Waals surface area contributed by atoms with Gasteiger partial charge in [0.25, 0.3) is 5.89 Å². The summed E-state index contributed by atoms with van der Waals surface area (Å²) in [6, 6.07) is 0.117. The molecule has 1 aromatic carbocycles. The number of thiazole rings is 1. The molecule has 0 aliphatic carbocycles. The van der Waals surface area contributed by atoms with Crippen LogP contribution in [0.1, 0.15) is 52.6 Å². The Kier molecular flexibility index (Phi) is 10.6. The standard InChI is InChI=1S/C26H31Cl2F3N4O6S2/c1-8-16(26(29,30)31)35-43(37,38)15-10-9-13(18(27)19(15)28)20-14(11-25(4,5)40-7)32-22(42-20)21-34-33-17(41-21)12-24(2,3)23(36)39-6/h9-10,16,35H,8,11-12H2,1-7H3. The lowest BCUT2D eigenvalue weighted by Gasteiger charge is -2.22. The Morgan fingerprint density at radius 2 is 1.74 bits per heavy atom. The number of hydrogen-bond acceptors (Lipinski definition) is 10. The first-order valence-electron chi connectivity index (χ1n) is 12.8. The van der Waals surface area contributed by atoms with Crippen LogP contribution >= 0.6 is 34.5 Å². The average Bonchev–Trinajstić information content (AvgIpc) is 3.53. The molecule has 2 heterocycles. The fourth-order valence-corrected chi connectivity index (χ4v) is 7.20. The van der Waals surface area contributed by atoms with Crippen LogP contribution in [0, 0.1) is 5.41 Å². The number of halogens is 5. The lowest BCUT2D eigenvalue weighted by molar-refractivity contribution is -0.152. The third-order valence-electron chi connectivity index (χ3n) is 6.51. The van der Waals surface area contributed by atoms with Crippen LogP contribution in [0.25, 0.3) is 21.3 Å². The second-order valence-corrected chi connectivity index (χ2v) is 14.3. The number of benzene rings is 1. The van der Waals surface area contributed by atoms with E-state index in [4.69, 9.17) is 37.1 Å². The van der Waals surface area contributed by atoms with Gasteiger partial charge in [-0.25, -0.2) is 13.4 Å². The Balaban J connectivity index is 2.08. The van der Waals surface area contributed by atoms with Crippen LogP contribution in [0.5, 0.6) is 0 Å². The van der Waals surface area contributed by atoms with E-state index >= 15 is 0 Å². The highest BCUT2D eigenvalue weighted by Gasteiger charge is 2.41. The molecule has 3 rings (SSSR count). The van der Waals surface area contributed by atoms with Gasteiger partial charge in [0.05, 0.1) is 38.7 Å². The summed E-state index contributed by atoms with van der Waals surface area (Å²) >= 11 is 14.0. The van der Waals surface area contributed by atoms with Crippen LogP contribution in [-0.4, -0.2) is 61.6 Å². The number of nitrogens with one attached hydrogen (secondary N) is 1. The zero-order chi connectivity index (χ0) is 32.5. The summed E-state index contributed by atoms with van der Waals surface area (Å²) in [5.74, 6) is -0.219. The van der Waals surface area contributed by atoms with Crippen molar-refractivity contribution in [2.45, 2.75) is 76.6 Å². The Bertz CT molecular complexity index is 1590. The van der Waals surface area contributed by atoms with E-state index < -0.39 is 55.6 Å². The maximum atomic E-state index is 13.3. The Hall–Kier alpha value is -2.30. The SMILES string of the molecule is CCC(NS(=O)(=O)c1ccc(-c2sc(-c3nnc(CC(C)(C)C(=O)OC)o3)nc2CC(C)(C)OC)c(Cl)c1Cl)C(F)(F)F. The first kappa shape index (κ1) is 35.2. The maximum Gasteiger partial charge on any atom is 0.404 e. The lowest BCUT2D eigenvalue weighted by Crippen LogP contribution is -2.44. The molecule has 0 bridgehead atoms. The molecule has 0 fully saturated rings. The predicted molar refractivity (Wildman–Crippen MR) is 156 cm³/mol. The number of nitrogens with zero attached hydrogens (tertiary/aromatic N) is 3. The summed E-state index contributed by atoms with van der Waals surface area (Å²) in [5.41, 5.74) is -0.860. The summed E-state index contributed by atoms with van der Waals surface area (Å²) in [4.78, 5) is 16.6. The Morgan fingerprint density at radius 3 is 2.30 bits per heavy atom. The van der Waals surface area contributed by atoms with E-state index in [1.165, 1.54) is 27.2 Å². The van der Waals surface area contributed by atoms with Crippen molar-refractivity contribution in [2.24, 2.45) is 5.41 Å². The largest absolute Gasteiger partial charge is 0.469 e. The number of rotatable bonds is 12. The third kappa shape index (κ3) is 8.05. The highest BCUT2D eigenvalue weighted by molar-refractivity contribution is 7.89. The van der Waals surface area contributed by atoms with Crippen molar-refractivity contribution < 1.29 is 40.3 Å². The van der Waals surface area contributed by atoms with Gasteiger partial charge in [0.1, 0.15) is 10.9 Å². The first-order chi connectivity index (χ1) is 19.8. The van der Waals surface area contributed by atoms with Crippen LogP contribution < -0.4 is 4.72 Å². The van der Waals surface area contributed by atoms with Crippen molar-refractivity contribution in [3.05, 3.63) is 33.8 Å². The van der Waals surface area contributed by atoms with Crippen LogP contribution in [0.2, 0.25) is 10.0 Å². The van der Waals surface area contributed by atoms with Crippen molar-refractivity contribution in [1.82, 2.24) is 19.9 Å². The maximum absolute atomic E-state index is 13.3. The molecule has 1 N–H and O–H groups in total. The number of sulfonamides is 1. The molecule has 1 atom stereocenters. The zero-order valence-electron chi connectivity index (χ0n) is 24.4. The summed E-state index contributed by atoms with van der Waals surface area (Å²) in [5, 5.41) is 7.74. The molecule has 17 heteroatoms. The quantitative estimate of drug-likeness (QED) is 0.212. The van der Waals surface area contributed by atoms with Gasteiger partial charge in [-0.15, -0.1) is 21.5 Å². The fraction of sp³-hybridized carbons (Fsp3) is 0.538. The van der Waals surface area contributed by atoms with E-state index in [1.54, 1.807) is 18.6 Å². The summed E-state index contributed by atoms with van der Waals surface area (Å²) < 4.78 is 83.4. The molecule has 0 aliphatic heterocycles. The normalized spacial score (nSPS) is 13.8. The highest BCUT2D eigenvalue weighted by atomic mass is 35.5. The monoisotopic (exact) mass is 686 g/mol. The number of esters is 1. The van der Waals surface area contributed by atoms with Crippen LogP contribution in [-0.2, 0) is 37.1 Å². The summed E-state index contributed by atoms with van der Waals surface area (Å²) in [6.07, 6.45) is -4.95. The van der Waals surface area contributed by atoms with Crippen molar-refractivity contribution >= 4 is 50.5 Å². The second-order valence-electron chi connectivity index (χ2n) is 10.9.